The number of hydrogen-bond acceptors (Lipinski definition) is 3. The molecule has 0 saturated heterocycles. The summed E-state index contributed by atoms with van der Waals surface area (Å²) in [6, 6.07) is 11.1. The van der Waals surface area contributed by atoms with Crippen molar-refractivity contribution in [2.45, 2.75) is 13.0 Å². The molecule has 5 heteroatoms. The van der Waals surface area contributed by atoms with Gasteiger partial charge in [-0.1, -0.05) is 12.1 Å². The van der Waals surface area contributed by atoms with Gasteiger partial charge in [-0.15, -0.1) is 0 Å². The third kappa shape index (κ3) is 4.03. The molecule has 0 aliphatic rings. The Morgan fingerprint density at radius 3 is 2.52 bits per heavy atom. The molecular weight excluding hydrogens is 273 g/mol. The fourth-order valence-corrected chi connectivity index (χ4v) is 1.88. The van der Waals surface area contributed by atoms with Crippen LogP contribution >= 0.6 is 0 Å². The molecule has 2 rings (SSSR count). The second kappa shape index (κ2) is 6.85. The molecule has 0 atom stereocenters. The zero-order valence-electron chi connectivity index (χ0n) is 11.4. The highest BCUT2D eigenvalue weighted by molar-refractivity contribution is 5.92. The van der Waals surface area contributed by atoms with Crippen molar-refractivity contribution in [3.05, 3.63) is 65.0 Å². The molecule has 0 saturated carbocycles. The van der Waals surface area contributed by atoms with Crippen LogP contribution in [-0.4, -0.2) is 17.6 Å². The van der Waals surface area contributed by atoms with Crippen LogP contribution in [0, 0.1) is 5.82 Å². The van der Waals surface area contributed by atoms with Crippen LogP contribution in [0.4, 0.5) is 4.39 Å². The van der Waals surface area contributed by atoms with Gasteiger partial charge in [0.05, 0.1) is 0 Å². The molecule has 1 amide bonds. The minimum atomic E-state index is -0.607. The fraction of sp³-hybridized carbons (Fsp3) is 0.188. The van der Waals surface area contributed by atoms with Crippen LogP contribution in [-0.2, 0) is 13.0 Å². The maximum Gasteiger partial charge on any atom is 0.248 e. The van der Waals surface area contributed by atoms with Crippen molar-refractivity contribution in [3.63, 3.8) is 0 Å². The Labute approximate surface area is 122 Å². The Hall–Kier alpha value is -2.40. The van der Waals surface area contributed by atoms with E-state index < -0.39 is 11.7 Å². The molecule has 0 bridgehead atoms. The molecule has 2 aromatic carbocycles. The van der Waals surface area contributed by atoms with Gasteiger partial charge in [0.15, 0.2) is 0 Å². The molecule has 0 radical (unpaired) electrons. The molecule has 0 fully saturated rings. The Kier molecular flexibility index (Phi) is 4.90. The van der Waals surface area contributed by atoms with E-state index in [1.807, 2.05) is 12.1 Å². The highest BCUT2D eigenvalue weighted by Crippen LogP contribution is 2.17. The number of primary amides is 1. The Bertz CT molecular complexity index is 626. The summed E-state index contributed by atoms with van der Waals surface area (Å²) in [5, 5.41) is 8.83. The van der Waals surface area contributed by atoms with E-state index in [0.29, 0.717) is 12.2 Å². The van der Waals surface area contributed by atoms with Crippen molar-refractivity contribution < 1.29 is 19.0 Å². The zero-order valence-corrected chi connectivity index (χ0v) is 11.4. The average Bonchev–Trinajstić information content (AvgIpc) is 2.48. The number of hydrogen-bond donors (Lipinski definition) is 2. The van der Waals surface area contributed by atoms with Gasteiger partial charge in [-0.25, -0.2) is 4.39 Å². The SMILES string of the molecule is NC(=O)c1ccc(F)c(COc2ccc(CCO)cc2)c1. The van der Waals surface area contributed by atoms with Crippen LogP contribution in [0.5, 0.6) is 5.75 Å². The zero-order chi connectivity index (χ0) is 15.2. The number of ether oxygens (including phenoxy) is 1. The average molecular weight is 289 g/mol. The van der Waals surface area contributed by atoms with Gasteiger partial charge < -0.3 is 15.6 Å². The summed E-state index contributed by atoms with van der Waals surface area (Å²) in [7, 11) is 0. The van der Waals surface area contributed by atoms with E-state index in [1.54, 1.807) is 12.1 Å². The van der Waals surface area contributed by atoms with Crippen molar-refractivity contribution in [3.8, 4) is 5.75 Å². The number of carbonyl (C=O) groups excluding carboxylic acids is 1. The van der Waals surface area contributed by atoms with Crippen LogP contribution in [0.3, 0.4) is 0 Å². The smallest absolute Gasteiger partial charge is 0.248 e. The summed E-state index contributed by atoms with van der Waals surface area (Å²) >= 11 is 0. The van der Waals surface area contributed by atoms with Gasteiger partial charge in [0, 0.05) is 17.7 Å². The Morgan fingerprint density at radius 2 is 1.90 bits per heavy atom. The lowest BCUT2D eigenvalue weighted by atomic mass is 10.1. The largest absolute Gasteiger partial charge is 0.489 e. The number of aliphatic hydroxyl groups is 1. The minimum absolute atomic E-state index is 0.00625. The third-order valence-electron chi connectivity index (χ3n) is 3.05. The second-order valence-electron chi connectivity index (χ2n) is 4.58. The molecule has 0 unspecified atom stereocenters. The number of carbonyl (C=O) groups is 1. The summed E-state index contributed by atoms with van der Waals surface area (Å²) in [5.41, 5.74) is 6.67. The summed E-state index contributed by atoms with van der Waals surface area (Å²) < 4.78 is 19.1. The lowest BCUT2D eigenvalue weighted by molar-refractivity contribution is 0.1000. The van der Waals surface area contributed by atoms with Gasteiger partial charge in [0.1, 0.15) is 18.2 Å². The molecule has 21 heavy (non-hydrogen) atoms. The minimum Gasteiger partial charge on any atom is -0.489 e. The van der Waals surface area contributed by atoms with Gasteiger partial charge in [0.25, 0.3) is 0 Å². The quantitative estimate of drug-likeness (QED) is 0.854. The number of aliphatic hydroxyl groups excluding tert-OH is 1. The van der Waals surface area contributed by atoms with Crippen LogP contribution in [0.15, 0.2) is 42.5 Å². The van der Waals surface area contributed by atoms with Crippen molar-refractivity contribution in [1.82, 2.24) is 0 Å². The van der Waals surface area contributed by atoms with Gasteiger partial charge in [-0.2, -0.15) is 0 Å². The molecule has 4 nitrogen and oxygen atoms in total. The maximum atomic E-state index is 13.6. The summed E-state index contributed by atoms with van der Waals surface area (Å²) in [6.07, 6.45) is 0.579. The summed E-state index contributed by atoms with van der Waals surface area (Å²) in [6.45, 7) is 0.0949. The van der Waals surface area contributed by atoms with E-state index >= 15 is 0 Å². The monoisotopic (exact) mass is 289 g/mol. The molecule has 0 spiro atoms. The number of nitrogens with two attached hydrogens (primary N) is 1. The molecule has 0 aliphatic carbocycles. The van der Waals surface area contributed by atoms with Crippen molar-refractivity contribution in [2.75, 3.05) is 6.61 Å². The van der Waals surface area contributed by atoms with E-state index in [1.165, 1.54) is 18.2 Å². The number of amides is 1. The second-order valence-corrected chi connectivity index (χ2v) is 4.58. The molecule has 2 aromatic rings. The third-order valence-corrected chi connectivity index (χ3v) is 3.05. The van der Waals surface area contributed by atoms with Crippen LogP contribution in [0.2, 0.25) is 0 Å². The summed E-state index contributed by atoms with van der Waals surface area (Å²) in [5.74, 6) is -0.470. The van der Waals surface area contributed by atoms with E-state index in [2.05, 4.69) is 0 Å². The van der Waals surface area contributed by atoms with E-state index in [-0.39, 0.29) is 24.3 Å². The molecule has 0 aromatic heterocycles. The van der Waals surface area contributed by atoms with Gasteiger partial charge in [-0.05, 0) is 42.3 Å². The van der Waals surface area contributed by atoms with Gasteiger partial charge in [0.2, 0.25) is 5.91 Å². The first-order chi connectivity index (χ1) is 10.1. The number of halogens is 1. The molecule has 110 valence electrons. The first-order valence-electron chi connectivity index (χ1n) is 6.51. The molecule has 0 aliphatic heterocycles. The standard InChI is InChI=1S/C16H16FNO3/c17-15-6-3-12(16(18)20)9-13(15)10-21-14-4-1-11(2-5-14)7-8-19/h1-6,9,19H,7-8,10H2,(H2,18,20). The highest BCUT2D eigenvalue weighted by atomic mass is 19.1. The van der Waals surface area contributed by atoms with Gasteiger partial charge in [-0.3, -0.25) is 4.79 Å². The molecule has 0 heterocycles. The number of rotatable bonds is 6. The van der Waals surface area contributed by atoms with E-state index in [9.17, 15) is 9.18 Å². The van der Waals surface area contributed by atoms with Crippen molar-refractivity contribution >= 4 is 5.91 Å². The van der Waals surface area contributed by atoms with Crippen LogP contribution in [0.1, 0.15) is 21.5 Å². The predicted molar refractivity (Wildman–Crippen MR) is 76.5 cm³/mol. The lowest BCUT2D eigenvalue weighted by Crippen LogP contribution is -2.12. The van der Waals surface area contributed by atoms with Crippen molar-refractivity contribution in [1.29, 1.82) is 0 Å². The fourth-order valence-electron chi connectivity index (χ4n) is 1.88. The highest BCUT2D eigenvalue weighted by Gasteiger charge is 2.08. The van der Waals surface area contributed by atoms with Crippen LogP contribution < -0.4 is 10.5 Å². The first kappa shape index (κ1) is 15.0. The normalized spacial score (nSPS) is 10.4. The predicted octanol–water partition coefficient (Wildman–Crippen LogP) is 2.04. The van der Waals surface area contributed by atoms with E-state index in [4.69, 9.17) is 15.6 Å². The number of benzene rings is 2. The van der Waals surface area contributed by atoms with Gasteiger partial charge >= 0.3 is 0 Å². The Morgan fingerprint density at radius 1 is 1.19 bits per heavy atom. The van der Waals surface area contributed by atoms with Crippen molar-refractivity contribution in [2.24, 2.45) is 5.73 Å². The molecular formula is C16H16FNO3. The first-order valence-corrected chi connectivity index (χ1v) is 6.51. The molecule has 3 N–H and O–H groups in total. The lowest BCUT2D eigenvalue weighted by Gasteiger charge is -2.09. The maximum absolute atomic E-state index is 13.6. The Balaban J connectivity index is 2.05. The van der Waals surface area contributed by atoms with E-state index in [0.717, 1.165) is 5.56 Å². The summed E-state index contributed by atoms with van der Waals surface area (Å²) in [4.78, 5) is 11.1. The topological polar surface area (TPSA) is 72.6 Å². The van der Waals surface area contributed by atoms with Crippen LogP contribution in [0.25, 0.3) is 0 Å².